The van der Waals surface area contributed by atoms with Crippen molar-refractivity contribution in [2.75, 3.05) is 6.61 Å². The van der Waals surface area contributed by atoms with E-state index in [1.54, 1.807) is 10.9 Å². The zero-order valence-corrected chi connectivity index (χ0v) is 14.6. The number of hydrogen-bond acceptors (Lipinski definition) is 4. The molecule has 2 aromatic rings. The number of aromatic nitrogens is 3. The maximum absolute atomic E-state index is 5.65. The van der Waals surface area contributed by atoms with Crippen molar-refractivity contribution in [2.45, 2.75) is 46.0 Å². The largest absolute Gasteiger partial charge is 0.494 e. The molecule has 0 aliphatic heterocycles. The van der Waals surface area contributed by atoms with E-state index >= 15 is 0 Å². The second-order valence-electron chi connectivity index (χ2n) is 5.38. The highest BCUT2D eigenvalue weighted by molar-refractivity contribution is 7.71. The molecule has 1 heterocycles. The van der Waals surface area contributed by atoms with Crippen LogP contribution >= 0.6 is 12.2 Å². The fourth-order valence-electron chi connectivity index (χ4n) is 2.05. The lowest BCUT2D eigenvalue weighted by molar-refractivity contribution is 0.309. The summed E-state index contributed by atoms with van der Waals surface area (Å²) in [5.41, 5.74) is 0.998. The van der Waals surface area contributed by atoms with Gasteiger partial charge in [0, 0.05) is 6.42 Å². The van der Waals surface area contributed by atoms with Crippen molar-refractivity contribution in [1.29, 1.82) is 0 Å². The summed E-state index contributed by atoms with van der Waals surface area (Å²) in [5.74, 6) is 1.76. The zero-order chi connectivity index (χ0) is 16.5. The van der Waals surface area contributed by atoms with Gasteiger partial charge in [-0.25, -0.2) is 0 Å². The van der Waals surface area contributed by atoms with Gasteiger partial charge in [-0.1, -0.05) is 26.7 Å². The molecule has 1 N–H and O–H groups in total. The summed E-state index contributed by atoms with van der Waals surface area (Å²) in [6, 6.07) is 7.90. The Balaban J connectivity index is 2.02. The number of nitrogens with zero attached hydrogens (tertiary/aromatic N) is 3. The molecule has 0 aliphatic carbocycles. The summed E-state index contributed by atoms with van der Waals surface area (Å²) in [7, 11) is 0. The van der Waals surface area contributed by atoms with Gasteiger partial charge in [-0.3, -0.25) is 5.10 Å². The topological polar surface area (TPSA) is 55.2 Å². The molecule has 6 heteroatoms. The number of unbranched alkanes of at least 4 members (excludes halogenated alkanes) is 2. The minimum absolute atomic E-state index is 0.520. The predicted molar refractivity (Wildman–Crippen MR) is 95.9 cm³/mol. The van der Waals surface area contributed by atoms with Crippen LogP contribution in [0, 0.1) is 4.77 Å². The Labute approximate surface area is 142 Å². The van der Waals surface area contributed by atoms with Gasteiger partial charge in [-0.05, 0) is 54.9 Å². The van der Waals surface area contributed by atoms with E-state index in [-0.39, 0.29) is 0 Å². The number of rotatable bonds is 9. The van der Waals surface area contributed by atoms with Gasteiger partial charge in [0.25, 0.3) is 0 Å². The second kappa shape index (κ2) is 9.25. The molecule has 1 aromatic carbocycles. The first-order chi connectivity index (χ1) is 11.2. The van der Waals surface area contributed by atoms with Gasteiger partial charge in [0.15, 0.2) is 5.82 Å². The molecule has 0 aliphatic rings. The maximum atomic E-state index is 5.65. The highest BCUT2D eigenvalue weighted by Crippen LogP contribution is 2.12. The van der Waals surface area contributed by atoms with Crippen molar-refractivity contribution >= 4 is 18.4 Å². The Morgan fingerprint density at radius 1 is 1.22 bits per heavy atom. The molecular weight excluding hydrogens is 308 g/mol. The number of H-pyrrole nitrogens is 1. The van der Waals surface area contributed by atoms with E-state index in [1.165, 1.54) is 0 Å². The van der Waals surface area contributed by atoms with Crippen LogP contribution in [0.2, 0.25) is 0 Å². The lowest BCUT2D eigenvalue weighted by Gasteiger charge is -2.05. The van der Waals surface area contributed by atoms with E-state index < -0.39 is 0 Å². The van der Waals surface area contributed by atoms with Crippen molar-refractivity contribution in [2.24, 2.45) is 5.10 Å². The SMILES string of the molecule is CCCCOc1ccc(/C=N/n2c(CCCC)n[nH]c2=S)cc1. The molecule has 0 saturated carbocycles. The fourth-order valence-corrected chi connectivity index (χ4v) is 2.25. The van der Waals surface area contributed by atoms with E-state index in [2.05, 4.69) is 29.1 Å². The van der Waals surface area contributed by atoms with Crippen LogP contribution in [0.4, 0.5) is 0 Å². The standard InChI is InChI=1S/C17H24N4OS/c1-3-5-7-16-19-20-17(23)21(16)18-13-14-8-10-15(11-9-14)22-12-6-4-2/h8-11,13H,3-7,12H2,1-2H3,(H,20,23)/b18-13+. The van der Waals surface area contributed by atoms with Crippen molar-refractivity contribution in [3.05, 3.63) is 40.4 Å². The van der Waals surface area contributed by atoms with E-state index in [4.69, 9.17) is 17.0 Å². The molecule has 0 unspecified atom stereocenters. The average Bonchev–Trinajstić information content (AvgIpc) is 2.92. The van der Waals surface area contributed by atoms with E-state index in [1.807, 2.05) is 24.3 Å². The third-order valence-electron chi connectivity index (χ3n) is 3.44. The van der Waals surface area contributed by atoms with Crippen LogP contribution in [0.15, 0.2) is 29.4 Å². The second-order valence-corrected chi connectivity index (χ2v) is 5.76. The highest BCUT2D eigenvalue weighted by Gasteiger charge is 2.03. The number of aryl methyl sites for hydroxylation is 1. The van der Waals surface area contributed by atoms with Gasteiger partial charge in [-0.2, -0.15) is 14.9 Å². The Hall–Kier alpha value is -1.95. The number of ether oxygens (including phenoxy) is 1. The molecule has 0 saturated heterocycles. The van der Waals surface area contributed by atoms with Crippen LogP contribution in [-0.2, 0) is 6.42 Å². The lowest BCUT2D eigenvalue weighted by Crippen LogP contribution is -1.99. The van der Waals surface area contributed by atoms with Gasteiger partial charge >= 0.3 is 0 Å². The highest BCUT2D eigenvalue weighted by atomic mass is 32.1. The Bertz CT molecular complexity index is 673. The quantitative estimate of drug-likeness (QED) is 0.422. The van der Waals surface area contributed by atoms with Crippen molar-refractivity contribution < 1.29 is 4.74 Å². The fraction of sp³-hybridized carbons (Fsp3) is 0.471. The summed E-state index contributed by atoms with van der Waals surface area (Å²) in [6.45, 7) is 5.06. The summed E-state index contributed by atoms with van der Waals surface area (Å²) < 4.78 is 7.86. The third kappa shape index (κ3) is 5.32. The molecule has 0 radical (unpaired) electrons. The number of aromatic amines is 1. The molecule has 124 valence electrons. The first kappa shape index (κ1) is 17.4. The van der Waals surface area contributed by atoms with Gasteiger partial charge in [0.1, 0.15) is 5.75 Å². The first-order valence-corrected chi connectivity index (χ1v) is 8.59. The van der Waals surface area contributed by atoms with Gasteiger partial charge in [0.05, 0.1) is 12.8 Å². The Morgan fingerprint density at radius 2 is 1.96 bits per heavy atom. The van der Waals surface area contributed by atoms with E-state index in [0.717, 1.165) is 55.8 Å². The van der Waals surface area contributed by atoms with E-state index in [0.29, 0.717) is 4.77 Å². The predicted octanol–water partition coefficient (Wildman–Crippen LogP) is 4.34. The van der Waals surface area contributed by atoms with Crippen LogP contribution < -0.4 is 4.74 Å². The lowest BCUT2D eigenvalue weighted by atomic mass is 10.2. The van der Waals surface area contributed by atoms with Gasteiger partial charge < -0.3 is 4.74 Å². The maximum Gasteiger partial charge on any atom is 0.216 e. The van der Waals surface area contributed by atoms with Crippen molar-refractivity contribution in [1.82, 2.24) is 14.9 Å². The zero-order valence-electron chi connectivity index (χ0n) is 13.8. The molecular formula is C17H24N4OS. The van der Waals surface area contributed by atoms with E-state index in [9.17, 15) is 0 Å². The van der Waals surface area contributed by atoms with Crippen LogP contribution in [0.1, 0.15) is 50.9 Å². The Morgan fingerprint density at radius 3 is 2.65 bits per heavy atom. The first-order valence-electron chi connectivity index (χ1n) is 8.18. The van der Waals surface area contributed by atoms with Gasteiger partial charge in [-0.15, -0.1) is 0 Å². The van der Waals surface area contributed by atoms with Gasteiger partial charge in [0.2, 0.25) is 4.77 Å². The van der Waals surface area contributed by atoms with Crippen LogP contribution in [0.5, 0.6) is 5.75 Å². The minimum atomic E-state index is 0.520. The molecule has 0 fully saturated rings. The van der Waals surface area contributed by atoms with Crippen LogP contribution in [0.3, 0.4) is 0 Å². The van der Waals surface area contributed by atoms with Crippen molar-refractivity contribution in [3.8, 4) is 5.75 Å². The van der Waals surface area contributed by atoms with Crippen molar-refractivity contribution in [3.63, 3.8) is 0 Å². The molecule has 2 rings (SSSR count). The van der Waals surface area contributed by atoms with Crippen LogP contribution in [-0.4, -0.2) is 27.7 Å². The molecule has 5 nitrogen and oxygen atoms in total. The normalized spacial score (nSPS) is 11.2. The molecule has 0 atom stereocenters. The Kier molecular flexibility index (Phi) is 7.00. The average molecular weight is 332 g/mol. The molecule has 0 amide bonds. The monoisotopic (exact) mass is 332 g/mol. The number of hydrogen-bond donors (Lipinski definition) is 1. The molecule has 0 bridgehead atoms. The number of nitrogens with one attached hydrogen (secondary N) is 1. The molecule has 23 heavy (non-hydrogen) atoms. The minimum Gasteiger partial charge on any atom is -0.494 e. The number of benzene rings is 1. The smallest absolute Gasteiger partial charge is 0.216 e. The summed E-state index contributed by atoms with van der Waals surface area (Å²) >= 11 is 5.23. The summed E-state index contributed by atoms with van der Waals surface area (Å²) in [4.78, 5) is 0. The summed E-state index contributed by atoms with van der Waals surface area (Å²) in [6.07, 6.45) is 7.04. The van der Waals surface area contributed by atoms with Crippen LogP contribution in [0.25, 0.3) is 0 Å². The molecule has 1 aromatic heterocycles. The third-order valence-corrected chi connectivity index (χ3v) is 3.70. The molecule has 0 spiro atoms. The summed E-state index contributed by atoms with van der Waals surface area (Å²) in [5, 5.41) is 11.5.